The molecular weight excluding hydrogens is 294 g/mol. The zero-order chi connectivity index (χ0) is 16.3. The Morgan fingerprint density at radius 3 is 2.09 bits per heavy atom. The lowest BCUT2D eigenvalue weighted by atomic mass is 9.86. The molecular formula is C14H17NO7. The minimum absolute atomic E-state index is 0.413. The lowest BCUT2D eigenvalue weighted by molar-refractivity contribution is -0.160. The summed E-state index contributed by atoms with van der Waals surface area (Å²) in [5.74, 6) is -3.63. The third-order valence-corrected chi connectivity index (χ3v) is 3.72. The number of hydrogen-bond donors (Lipinski definition) is 1. The summed E-state index contributed by atoms with van der Waals surface area (Å²) in [4.78, 5) is 36.2. The number of ether oxygens (including phenoxy) is 3. The number of nitrogens with one attached hydrogen (secondary N) is 1. The third kappa shape index (κ3) is 2.69. The van der Waals surface area contributed by atoms with Crippen molar-refractivity contribution in [2.24, 2.45) is 11.8 Å². The molecule has 8 nitrogen and oxygen atoms in total. The van der Waals surface area contributed by atoms with Crippen LogP contribution in [0.25, 0.3) is 0 Å². The fourth-order valence-electron chi connectivity index (χ4n) is 2.72. The molecule has 1 aliphatic rings. The highest BCUT2D eigenvalue weighted by molar-refractivity contribution is 5.91. The molecule has 1 aromatic heterocycles. The summed E-state index contributed by atoms with van der Waals surface area (Å²) in [7, 11) is 3.60. The number of furan rings is 1. The van der Waals surface area contributed by atoms with Gasteiger partial charge in [0.15, 0.2) is 0 Å². The lowest BCUT2D eigenvalue weighted by Crippen LogP contribution is -2.42. The third-order valence-electron chi connectivity index (χ3n) is 3.72. The van der Waals surface area contributed by atoms with Crippen molar-refractivity contribution in [3.05, 3.63) is 24.2 Å². The Kier molecular flexibility index (Phi) is 4.81. The first-order chi connectivity index (χ1) is 10.5. The van der Waals surface area contributed by atoms with Crippen molar-refractivity contribution in [3.8, 4) is 0 Å². The summed E-state index contributed by atoms with van der Waals surface area (Å²) >= 11 is 0. The molecule has 2 rings (SSSR count). The summed E-state index contributed by atoms with van der Waals surface area (Å²) in [5, 5.41) is 2.90. The number of rotatable bonds is 4. The zero-order valence-electron chi connectivity index (χ0n) is 12.4. The van der Waals surface area contributed by atoms with E-state index >= 15 is 0 Å². The van der Waals surface area contributed by atoms with Crippen molar-refractivity contribution >= 4 is 17.9 Å². The van der Waals surface area contributed by atoms with Gasteiger partial charge in [-0.3, -0.25) is 19.7 Å². The quantitative estimate of drug-likeness (QED) is 0.614. The van der Waals surface area contributed by atoms with Crippen molar-refractivity contribution in [3.63, 3.8) is 0 Å². The molecule has 0 saturated carbocycles. The molecule has 1 aliphatic heterocycles. The lowest BCUT2D eigenvalue weighted by Gasteiger charge is -2.19. The Morgan fingerprint density at radius 1 is 1.00 bits per heavy atom. The maximum atomic E-state index is 12.1. The molecule has 4 atom stereocenters. The van der Waals surface area contributed by atoms with Gasteiger partial charge in [-0.2, -0.15) is 0 Å². The van der Waals surface area contributed by atoms with Crippen LogP contribution in [0.1, 0.15) is 11.8 Å². The van der Waals surface area contributed by atoms with Gasteiger partial charge in [-0.15, -0.1) is 0 Å². The Balaban J connectivity index is 2.45. The Morgan fingerprint density at radius 2 is 1.59 bits per heavy atom. The van der Waals surface area contributed by atoms with Crippen LogP contribution >= 0.6 is 0 Å². The normalized spacial score (nSPS) is 27.2. The van der Waals surface area contributed by atoms with Crippen LogP contribution in [0, 0.1) is 11.8 Å². The first kappa shape index (κ1) is 16.0. The van der Waals surface area contributed by atoms with Crippen LogP contribution in [0.4, 0.5) is 0 Å². The first-order valence-electron chi connectivity index (χ1n) is 6.58. The maximum Gasteiger partial charge on any atom is 0.323 e. The summed E-state index contributed by atoms with van der Waals surface area (Å²) in [5.41, 5.74) is 0. The highest BCUT2D eigenvalue weighted by Crippen LogP contribution is 2.39. The molecule has 1 fully saturated rings. The van der Waals surface area contributed by atoms with E-state index in [4.69, 9.17) is 18.6 Å². The van der Waals surface area contributed by atoms with Crippen LogP contribution in [-0.2, 0) is 28.6 Å². The van der Waals surface area contributed by atoms with E-state index in [1.54, 1.807) is 12.1 Å². The molecule has 0 spiro atoms. The molecule has 0 aliphatic carbocycles. The number of carbonyl (C=O) groups is 3. The van der Waals surface area contributed by atoms with E-state index in [1.165, 1.54) is 27.6 Å². The van der Waals surface area contributed by atoms with E-state index in [-0.39, 0.29) is 0 Å². The second-order valence-electron chi connectivity index (χ2n) is 4.76. The van der Waals surface area contributed by atoms with E-state index in [2.05, 4.69) is 5.32 Å². The molecule has 0 bridgehead atoms. The average molecular weight is 311 g/mol. The number of carbonyl (C=O) groups excluding carboxylic acids is 3. The van der Waals surface area contributed by atoms with Gasteiger partial charge in [-0.05, 0) is 12.1 Å². The summed E-state index contributed by atoms with van der Waals surface area (Å²) < 4.78 is 19.5. The predicted octanol–water partition coefficient (Wildman–Crippen LogP) is 0.0439. The van der Waals surface area contributed by atoms with Gasteiger partial charge in [0.25, 0.3) is 0 Å². The monoisotopic (exact) mass is 311 g/mol. The molecule has 1 aromatic rings. The summed E-state index contributed by atoms with van der Waals surface area (Å²) in [6.07, 6.45) is 1.43. The van der Waals surface area contributed by atoms with Crippen LogP contribution in [0.3, 0.4) is 0 Å². The average Bonchev–Trinajstić information content (AvgIpc) is 3.19. The smallest absolute Gasteiger partial charge is 0.323 e. The molecule has 22 heavy (non-hydrogen) atoms. The molecule has 1 N–H and O–H groups in total. The van der Waals surface area contributed by atoms with Crippen LogP contribution in [-0.4, -0.2) is 45.3 Å². The van der Waals surface area contributed by atoms with Gasteiger partial charge in [0.2, 0.25) is 0 Å². The van der Waals surface area contributed by atoms with Gasteiger partial charge >= 0.3 is 17.9 Å². The van der Waals surface area contributed by atoms with Crippen molar-refractivity contribution in [2.75, 3.05) is 21.3 Å². The molecule has 0 radical (unpaired) electrons. The Labute approximate surface area is 126 Å². The Hall–Kier alpha value is -2.35. The van der Waals surface area contributed by atoms with E-state index in [9.17, 15) is 14.4 Å². The number of methoxy groups -OCH3 is 3. The van der Waals surface area contributed by atoms with Crippen LogP contribution in [0.15, 0.2) is 22.8 Å². The second kappa shape index (κ2) is 6.61. The van der Waals surface area contributed by atoms with E-state index in [0.29, 0.717) is 5.76 Å². The van der Waals surface area contributed by atoms with Crippen molar-refractivity contribution < 1.29 is 33.0 Å². The number of hydrogen-bond acceptors (Lipinski definition) is 8. The molecule has 1 saturated heterocycles. The predicted molar refractivity (Wildman–Crippen MR) is 71.4 cm³/mol. The minimum atomic E-state index is -1.07. The van der Waals surface area contributed by atoms with Crippen LogP contribution in [0.5, 0.6) is 0 Å². The van der Waals surface area contributed by atoms with Crippen molar-refractivity contribution in [2.45, 2.75) is 12.1 Å². The maximum absolute atomic E-state index is 12.1. The van der Waals surface area contributed by atoms with E-state index in [0.717, 1.165) is 0 Å². The molecule has 0 aromatic carbocycles. The Bertz CT molecular complexity index is 554. The SMILES string of the molecule is COC(=O)[C@H]1[C@@H](C(=O)OC)NC(c2ccco2)[C@H]1C(=O)OC. The first-order valence-corrected chi connectivity index (χ1v) is 6.58. The zero-order valence-corrected chi connectivity index (χ0v) is 12.4. The summed E-state index contributed by atoms with van der Waals surface area (Å²) in [6.45, 7) is 0. The van der Waals surface area contributed by atoms with Gasteiger partial charge in [0, 0.05) is 0 Å². The van der Waals surface area contributed by atoms with Gasteiger partial charge in [-0.25, -0.2) is 0 Å². The fourth-order valence-corrected chi connectivity index (χ4v) is 2.72. The van der Waals surface area contributed by atoms with Gasteiger partial charge in [-0.1, -0.05) is 0 Å². The van der Waals surface area contributed by atoms with Crippen LogP contribution in [0.2, 0.25) is 0 Å². The molecule has 1 unspecified atom stereocenters. The van der Waals surface area contributed by atoms with E-state index < -0.39 is 41.8 Å². The highest BCUT2D eigenvalue weighted by atomic mass is 16.5. The van der Waals surface area contributed by atoms with Crippen LogP contribution < -0.4 is 5.32 Å². The highest BCUT2D eigenvalue weighted by Gasteiger charge is 2.56. The van der Waals surface area contributed by atoms with Crippen molar-refractivity contribution in [1.29, 1.82) is 0 Å². The fraction of sp³-hybridized carbons (Fsp3) is 0.500. The molecule has 0 amide bonds. The molecule has 120 valence electrons. The molecule has 8 heteroatoms. The minimum Gasteiger partial charge on any atom is -0.469 e. The van der Waals surface area contributed by atoms with Crippen molar-refractivity contribution in [1.82, 2.24) is 5.32 Å². The second-order valence-corrected chi connectivity index (χ2v) is 4.76. The topological polar surface area (TPSA) is 104 Å². The van der Waals surface area contributed by atoms with Gasteiger partial charge in [0.1, 0.15) is 11.8 Å². The summed E-state index contributed by atoms with van der Waals surface area (Å²) in [6, 6.07) is 1.55. The molecule has 2 heterocycles. The van der Waals surface area contributed by atoms with Gasteiger partial charge < -0.3 is 18.6 Å². The van der Waals surface area contributed by atoms with Gasteiger partial charge in [0.05, 0.1) is 45.5 Å². The number of esters is 3. The largest absolute Gasteiger partial charge is 0.469 e. The van der Waals surface area contributed by atoms with E-state index in [1.807, 2.05) is 0 Å². The standard InChI is InChI=1S/C14H17NO7/c1-19-12(16)8-9(13(17)20-2)11(14(18)21-3)15-10(8)7-5-4-6-22-7/h4-6,8-11,15H,1-3H3/t8-,9+,10?,11-/m0/s1.